The highest BCUT2D eigenvalue weighted by Gasteiger charge is 2.55. The molecule has 2 heterocycles. The summed E-state index contributed by atoms with van der Waals surface area (Å²) in [5.41, 5.74) is 0.424. The van der Waals surface area contributed by atoms with Gasteiger partial charge < -0.3 is 28.4 Å². The minimum absolute atomic E-state index is 0.0469. The van der Waals surface area contributed by atoms with Crippen molar-refractivity contribution < 1.29 is 42.8 Å². The Labute approximate surface area is 248 Å². The van der Waals surface area contributed by atoms with Gasteiger partial charge in [0.2, 0.25) is 0 Å². The number of aryl methyl sites for hydroxylation is 1. The highest BCUT2D eigenvalue weighted by atomic mass is 16.6. The van der Waals surface area contributed by atoms with E-state index < -0.39 is 47.6 Å². The molecule has 0 aliphatic carbocycles. The van der Waals surface area contributed by atoms with Crippen molar-refractivity contribution in [3.05, 3.63) is 48.1 Å². The Kier molecular flexibility index (Phi) is 10.2. The van der Waals surface area contributed by atoms with Crippen LogP contribution in [0.25, 0.3) is 0 Å². The second-order valence-corrected chi connectivity index (χ2v) is 11.8. The Bertz CT molecular complexity index is 1200. The molecule has 1 saturated heterocycles. The summed E-state index contributed by atoms with van der Waals surface area (Å²) in [6.45, 7) is 19.6. The lowest BCUT2D eigenvalue weighted by Gasteiger charge is -2.47. The SMILES string of the molecule is C=CCOC(=O)N1[C@H](COC(C)=O)Cc2cc(C)c(OC)c(OCC=C)c2[C@@H]1[C@@H]1COC(C)(C)N1C(=O)OC(C)(C)C. The highest BCUT2D eigenvalue weighted by molar-refractivity contribution is 5.74. The first kappa shape index (κ1) is 32.8. The van der Waals surface area contributed by atoms with Crippen LogP contribution in [0.2, 0.25) is 0 Å². The van der Waals surface area contributed by atoms with Crippen LogP contribution in [0.15, 0.2) is 31.4 Å². The molecule has 1 fully saturated rings. The van der Waals surface area contributed by atoms with Crippen molar-refractivity contribution in [3.8, 4) is 11.5 Å². The molecular formula is C31H44N2O9. The Morgan fingerprint density at radius 1 is 1.10 bits per heavy atom. The summed E-state index contributed by atoms with van der Waals surface area (Å²) in [6, 6.07) is -0.278. The normalized spacial score (nSPS) is 21.2. The fourth-order valence-electron chi connectivity index (χ4n) is 5.53. The van der Waals surface area contributed by atoms with E-state index in [1.54, 1.807) is 47.8 Å². The van der Waals surface area contributed by atoms with Crippen LogP contribution in [0.4, 0.5) is 9.59 Å². The maximum absolute atomic E-state index is 13.9. The first-order chi connectivity index (χ1) is 19.7. The molecule has 3 atom stereocenters. The monoisotopic (exact) mass is 588 g/mol. The largest absolute Gasteiger partial charge is 0.493 e. The molecule has 1 aromatic carbocycles. The molecule has 0 unspecified atom stereocenters. The van der Waals surface area contributed by atoms with Crippen LogP contribution < -0.4 is 9.47 Å². The van der Waals surface area contributed by atoms with E-state index in [1.165, 1.54) is 22.8 Å². The number of carbonyl (C=O) groups is 3. The molecular weight excluding hydrogens is 544 g/mol. The third-order valence-corrected chi connectivity index (χ3v) is 7.03. The summed E-state index contributed by atoms with van der Waals surface area (Å²) in [5.74, 6) is 0.414. The smallest absolute Gasteiger partial charge is 0.412 e. The zero-order chi connectivity index (χ0) is 31.4. The van der Waals surface area contributed by atoms with E-state index in [9.17, 15) is 14.4 Å². The maximum Gasteiger partial charge on any atom is 0.412 e. The number of hydrogen-bond acceptors (Lipinski definition) is 9. The zero-order valence-corrected chi connectivity index (χ0v) is 26.0. The molecule has 2 aliphatic rings. The van der Waals surface area contributed by atoms with Gasteiger partial charge in [0.1, 0.15) is 31.1 Å². The number of nitrogens with zero attached hydrogens (tertiary/aromatic N) is 2. The van der Waals surface area contributed by atoms with Crippen molar-refractivity contribution in [2.24, 2.45) is 0 Å². The lowest BCUT2D eigenvalue weighted by molar-refractivity contribution is -0.143. The van der Waals surface area contributed by atoms with Crippen molar-refractivity contribution >= 4 is 18.2 Å². The summed E-state index contributed by atoms with van der Waals surface area (Å²) in [7, 11) is 1.54. The third-order valence-electron chi connectivity index (χ3n) is 7.03. The number of esters is 1. The second-order valence-electron chi connectivity index (χ2n) is 11.8. The highest BCUT2D eigenvalue weighted by Crippen LogP contribution is 2.50. The Morgan fingerprint density at radius 3 is 2.33 bits per heavy atom. The van der Waals surface area contributed by atoms with Crippen LogP contribution in [0.3, 0.4) is 0 Å². The summed E-state index contributed by atoms with van der Waals surface area (Å²) >= 11 is 0. The number of carbonyl (C=O) groups excluding carboxylic acids is 3. The van der Waals surface area contributed by atoms with E-state index >= 15 is 0 Å². The van der Waals surface area contributed by atoms with E-state index in [0.717, 1.165) is 11.1 Å². The number of fused-ring (bicyclic) bond motifs is 1. The van der Waals surface area contributed by atoms with Gasteiger partial charge in [-0.25, -0.2) is 9.59 Å². The van der Waals surface area contributed by atoms with Gasteiger partial charge in [0.25, 0.3) is 0 Å². The first-order valence-corrected chi connectivity index (χ1v) is 14.0. The molecule has 11 heteroatoms. The molecule has 0 saturated carbocycles. The number of ether oxygens (including phenoxy) is 6. The van der Waals surface area contributed by atoms with Crippen molar-refractivity contribution in [3.63, 3.8) is 0 Å². The van der Waals surface area contributed by atoms with Crippen LogP contribution in [0, 0.1) is 6.92 Å². The molecule has 2 aliphatic heterocycles. The van der Waals surface area contributed by atoms with E-state index in [1.807, 2.05) is 13.0 Å². The van der Waals surface area contributed by atoms with Gasteiger partial charge >= 0.3 is 18.2 Å². The van der Waals surface area contributed by atoms with Gasteiger partial charge in [-0.05, 0) is 59.1 Å². The average molecular weight is 589 g/mol. The molecule has 0 aromatic heterocycles. The zero-order valence-electron chi connectivity index (χ0n) is 26.0. The van der Waals surface area contributed by atoms with Gasteiger partial charge in [0, 0.05) is 12.5 Å². The predicted molar refractivity (Wildman–Crippen MR) is 156 cm³/mol. The molecule has 3 rings (SSSR count). The van der Waals surface area contributed by atoms with Gasteiger partial charge in [-0.2, -0.15) is 0 Å². The average Bonchev–Trinajstić information content (AvgIpc) is 3.21. The van der Waals surface area contributed by atoms with Gasteiger partial charge in [-0.3, -0.25) is 14.6 Å². The van der Waals surface area contributed by atoms with Crippen LogP contribution in [-0.2, 0) is 30.2 Å². The quantitative estimate of drug-likeness (QED) is 0.221. The van der Waals surface area contributed by atoms with Crippen molar-refractivity contribution in [1.29, 1.82) is 0 Å². The summed E-state index contributed by atoms with van der Waals surface area (Å²) < 4.78 is 35.0. The molecule has 2 amide bonds. The summed E-state index contributed by atoms with van der Waals surface area (Å²) in [6.07, 6.45) is 2.11. The fourth-order valence-corrected chi connectivity index (χ4v) is 5.53. The minimum Gasteiger partial charge on any atom is -0.493 e. The van der Waals surface area contributed by atoms with Crippen LogP contribution >= 0.6 is 0 Å². The van der Waals surface area contributed by atoms with Gasteiger partial charge in [0.05, 0.1) is 31.8 Å². The van der Waals surface area contributed by atoms with Crippen LogP contribution in [0.5, 0.6) is 11.5 Å². The number of hydrogen-bond donors (Lipinski definition) is 0. The van der Waals surface area contributed by atoms with E-state index in [-0.39, 0.29) is 26.4 Å². The third kappa shape index (κ3) is 7.00. The van der Waals surface area contributed by atoms with Crippen LogP contribution in [0.1, 0.15) is 64.3 Å². The number of methoxy groups -OCH3 is 1. The topological polar surface area (TPSA) is 113 Å². The Morgan fingerprint density at radius 2 is 1.76 bits per heavy atom. The van der Waals surface area contributed by atoms with Crippen molar-refractivity contribution in [2.45, 2.75) is 84.3 Å². The molecule has 232 valence electrons. The van der Waals surface area contributed by atoms with Gasteiger partial charge in [0.15, 0.2) is 11.5 Å². The molecule has 11 nitrogen and oxygen atoms in total. The standard InChI is InChI=1S/C31H44N2O9/c1-11-13-38-27-24-21(15-19(3)26(27)37-10)16-22(17-40-20(4)34)32(28(35)39-14-12-2)25(24)23-18-41-31(8,9)33(23)29(36)42-30(5,6)7/h11-12,15,22-23,25H,1-2,13-14,16-18H2,3-10H3/t22-,23-,25-/m0/s1. The van der Waals surface area contributed by atoms with E-state index in [4.69, 9.17) is 28.4 Å². The number of benzene rings is 1. The molecule has 1 aromatic rings. The number of rotatable bonds is 9. The molecule has 0 bridgehead atoms. The van der Waals surface area contributed by atoms with Gasteiger partial charge in [-0.1, -0.05) is 31.4 Å². The van der Waals surface area contributed by atoms with E-state index in [0.29, 0.717) is 23.5 Å². The Balaban J connectivity index is 2.34. The summed E-state index contributed by atoms with van der Waals surface area (Å²) in [4.78, 5) is 42.5. The Hall–Kier alpha value is -3.73. The number of amides is 2. The molecule has 0 radical (unpaired) electrons. The molecule has 42 heavy (non-hydrogen) atoms. The summed E-state index contributed by atoms with van der Waals surface area (Å²) in [5, 5.41) is 0. The second kappa shape index (κ2) is 13.1. The minimum atomic E-state index is -1.08. The first-order valence-electron chi connectivity index (χ1n) is 14.0. The molecule has 0 spiro atoms. The van der Waals surface area contributed by atoms with Crippen molar-refractivity contribution in [2.75, 3.05) is 33.5 Å². The predicted octanol–water partition coefficient (Wildman–Crippen LogP) is 5.09. The van der Waals surface area contributed by atoms with Crippen molar-refractivity contribution in [1.82, 2.24) is 9.80 Å². The fraction of sp³-hybridized carbons (Fsp3) is 0.581. The van der Waals surface area contributed by atoms with Crippen LogP contribution in [-0.4, -0.2) is 84.9 Å². The van der Waals surface area contributed by atoms with E-state index in [2.05, 4.69) is 13.2 Å². The lowest BCUT2D eigenvalue weighted by Crippen LogP contribution is -2.59. The lowest BCUT2D eigenvalue weighted by atomic mass is 9.82. The van der Waals surface area contributed by atoms with Gasteiger partial charge in [-0.15, -0.1) is 0 Å². The maximum atomic E-state index is 13.9. The molecule has 0 N–H and O–H groups in total.